The number of likely N-dealkylation sites (tertiary alicyclic amines) is 1. The highest BCUT2D eigenvalue weighted by Crippen LogP contribution is 2.31. The Balaban J connectivity index is 1.80. The molecule has 0 aliphatic carbocycles. The third kappa shape index (κ3) is 3.70. The van der Waals surface area contributed by atoms with E-state index in [9.17, 15) is 4.79 Å². The maximum absolute atomic E-state index is 12.7. The van der Waals surface area contributed by atoms with Crippen LogP contribution in [0.5, 0.6) is 5.75 Å². The zero-order valence-electron chi connectivity index (χ0n) is 13.4. The summed E-state index contributed by atoms with van der Waals surface area (Å²) in [7, 11) is 1.66. The highest BCUT2D eigenvalue weighted by Gasteiger charge is 2.26. The summed E-state index contributed by atoms with van der Waals surface area (Å²) >= 11 is 0. The van der Waals surface area contributed by atoms with Crippen LogP contribution in [0.1, 0.15) is 37.3 Å². The lowest BCUT2D eigenvalue weighted by molar-refractivity contribution is -0.134. The Morgan fingerprint density at radius 2 is 2.09 bits per heavy atom. The number of methoxy groups -OCH3 is 1. The molecule has 1 amide bonds. The van der Waals surface area contributed by atoms with Crippen LogP contribution in [0, 0.1) is 0 Å². The van der Waals surface area contributed by atoms with Gasteiger partial charge in [-0.1, -0.05) is 30.2 Å². The fraction of sp³-hybridized carbons (Fsp3) is 0.471. The second kappa shape index (κ2) is 7.26. The van der Waals surface area contributed by atoms with Crippen LogP contribution in [0.4, 0.5) is 0 Å². The average Bonchev–Trinajstić information content (AvgIpc) is 2.96. The fourth-order valence-electron chi connectivity index (χ4n) is 3.13. The molecule has 1 atom stereocenters. The summed E-state index contributed by atoms with van der Waals surface area (Å²) < 4.78 is 6.81. The van der Waals surface area contributed by atoms with Crippen LogP contribution in [0.25, 0.3) is 0 Å². The van der Waals surface area contributed by atoms with Gasteiger partial charge in [0.25, 0.3) is 0 Å². The van der Waals surface area contributed by atoms with Gasteiger partial charge in [-0.15, -0.1) is 5.10 Å². The second-order valence-corrected chi connectivity index (χ2v) is 5.83. The Morgan fingerprint density at radius 3 is 2.78 bits per heavy atom. The molecule has 1 unspecified atom stereocenters. The van der Waals surface area contributed by atoms with E-state index in [2.05, 4.69) is 22.4 Å². The summed E-state index contributed by atoms with van der Waals surface area (Å²) in [6, 6.07) is 8.16. The number of hydrogen-bond acceptors (Lipinski definition) is 4. The van der Waals surface area contributed by atoms with Crippen LogP contribution < -0.4 is 4.74 Å². The molecule has 3 rings (SSSR count). The Morgan fingerprint density at radius 1 is 1.26 bits per heavy atom. The van der Waals surface area contributed by atoms with Gasteiger partial charge in [0.15, 0.2) is 0 Å². The quantitative estimate of drug-likeness (QED) is 0.869. The first-order chi connectivity index (χ1) is 11.3. The van der Waals surface area contributed by atoms with Crippen molar-refractivity contribution in [3.63, 3.8) is 0 Å². The molecule has 0 spiro atoms. The lowest BCUT2D eigenvalue weighted by atomic mass is 10.0. The first kappa shape index (κ1) is 15.5. The Kier molecular flexibility index (Phi) is 4.90. The summed E-state index contributed by atoms with van der Waals surface area (Å²) in [5, 5.41) is 7.66. The minimum Gasteiger partial charge on any atom is -0.497 e. The van der Waals surface area contributed by atoms with Crippen molar-refractivity contribution in [1.82, 2.24) is 19.9 Å². The number of amides is 1. The summed E-state index contributed by atoms with van der Waals surface area (Å²) in [4.78, 5) is 14.7. The monoisotopic (exact) mass is 314 g/mol. The van der Waals surface area contributed by atoms with E-state index < -0.39 is 0 Å². The number of carbonyl (C=O) groups excluding carboxylic acids is 1. The van der Waals surface area contributed by atoms with Crippen LogP contribution >= 0.6 is 0 Å². The van der Waals surface area contributed by atoms with Crippen molar-refractivity contribution < 1.29 is 9.53 Å². The Hall–Kier alpha value is -2.37. The first-order valence-corrected chi connectivity index (χ1v) is 8.05. The molecule has 1 saturated heterocycles. The average molecular weight is 314 g/mol. The van der Waals surface area contributed by atoms with Gasteiger partial charge < -0.3 is 9.64 Å². The predicted octanol–water partition coefficient (Wildman–Crippen LogP) is 2.43. The molecule has 0 N–H and O–H groups in total. The molecular formula is C17H22N4O2. The van der Waals surface area contributed by atoms with E-state index in [0.717, 1.165) is 31.6 Å². The van der Waals surface area contributed by atoms with Crippen LogP contribution in [-0.2, 0) is 11.3 Å². The molecule has 6 nitrogen and oxygen atoms in total. The highest BCUT2D eigenvalue weighted by atomic mass is 16.5. The van der Waals surface area contributed by atoms with Crippen molar-refractivity contribution in [1.29, 1.82) is 0 Å². The van der Waals surface area contributed by atoms with Gasteiger partial charge in [0.2, 0.25) is 5.91 Å². The van der Waals surface area contributed by atoms with E-state index in [4.69, 9.17) is 4.74 Å². The SMILES string of the molecule is COc1ccc(C2CCCCCN2C(=O)Cn2ccnn2)cc1. The maximum atomic E-state index is 12.7. The highest BCUT2D eigenvalue weighted by molar-refractivity contribution is 5.76. The van der Waals surface area contributed by atoms with E-state index in [1.807, 2.05) is 17.0 Å². The fourth-order valence-corrected chi connectivity index (χ4v) is 3.13. The van der Waals surface area contributed by atoms with Gasteiger partial charge in [-0.2, -0.15) is 0 Å². The van der Waals surface area contributed by atoms with Crippen molar-refractivity contribution in [3.05, 3.63) is 42.2 Å². The standard InChI is InChI=1S/C17H22N4O2/c1-23-15-8-6-14(7-9-15)16-5-3-2-4-11-21(16)17(22)13-20-12-10-18-19-20/h6-10,12,16H,2-5,11,13H2,1H3. The van der Waals surface area contributed by atoms with Gasteiger partial charge >= 0.3 is 0 Å². The molecule has 1 aliphatic rings. The molecule has 122 valence electrons. The van der Waals surface area contributed by atoms with E-state index in [1.165, 1.54) is 12.0 Å². The topological polar surface area (TPSA) is 60.2 Å². The molecule has 0 bridgehead atoms. The first-order valence-electron chi connectivity index (χ1n) is 8.05. The van der Waals surface area contributed by atoms with Gasteiger partial charge in [-0.05, 0) is 30.5 Å². The number of carbonyl (C=O) groups is 1. The molecule has 1 aromatic carbocycles. The molecule has 0 radical (unpaired) electrons. The smallest absolute Gasteiger partial charge is 0.244 e. The maximum Gasteiger partial charge on any atom is 0.244 e. The second-order valence-electron chi connectivity index (χ2n) is 5.83. The zero-order chi connectivity index (χ0) is 16.1. The van der Waals surface area contributed by atoms with E-state index in [1.54, 1.807) is 24.2 Å². The zero-order valence-corrected chi connectivity index (χ0v) is 13.4. The van der Waals surface area contributed by atoms with Crippen molar-refractivity contribution in [2.45, 2.75) is 38.3 Å². The Labute approximate surface area is 136 Å². The summed E-state index contributed by atoms with van der Waals surface area (Å²) in [6.45, 7) is 1.04. The molecule has 23 heavy (non-hydrogen) atoms. The third-order valence-electron chi connectivity index (χ3n) is 4.34. The number of hydrogen-bond donors (Lipinski definition) is 0. The molecule has 0 saturated carbocycles. The largest absolute Gasteiger partial charge is 0.497 e. The number of nitrogens with zero attached hydrogens (tertiary/aromatic N) is 4. The molecule has 1 aromatic heterocycles. The van der Waals surface area contributed by atoms with Crippen molar-refractivity contribution >= 4 is 5.91 Å². The van der Waals surface area contributed by atoms with Gasteiger partial charge in [-0.3, -0.25) is 4.79 Å². The van der Waals surface area contributed by atoms with Gasteiger partial charge in [0.05, 0.1) is 19.3 Å². The molecule has 6 heteroatoms. The van der Waals surface area contributed by atoms with Crippen molar-refractivity contribution in [2.24, 2.45) is 0 Å². The lowest BCUT2D eigenvalue weighted by Gasteiger charge is -2.30. The van der Waals surface area contributed by atoms with Gasteiger partial charge in [0, 0.05) is 12.7 Å². The molecule has 1 fully saturated rings. The number of rotatable bonds is 4. The Bertz CT molecular complexity index is 625. The number of benzene rings is 1. The van der Waals surface area contributed by atoms with Crippen LogP contribution in [-0.4, -0.2) is 39.5 Å². The molecule has 2 heterocycles. The van der Waals surface area contributed by atoms with E-state index in [-0.39, 0.29) is 18.5 Å². The number of aromatic nitrogens is 3. The van der Waals surface area contributed by atoms with E-state index in [0.29, 0.717) is 0 Å². The number of ether oxygens (including phenoxy) is 1. The summed E-state index contributed by atoms with van der Waals surface area (Å²) in [6.07, 6.45) is 7.67. The molecular weight excluding hydrogens is 292 g/mol. The van der Waals surface area contributed by atoms with Crippen LogP contribution in [0.2, 0.25) is 0 Å². The third-order valence-corrected chi connectivity index (χ3v) is 4.34. The van der Waals surface area contributed by atoms with Crippen molar-refractivity contribution in [3.8, 4) is 5.75 Å². The van der Waals surface area contributed by atoms with Crippen LogP contribution in [0.15, 0.2) is 36.7 Å². The normalized spacial score (nSPS) is 18.5. The minimum absolute atomic E-state index is 0.0956. The van der Waals surface area contributed by atoms with Crippen LogP contribution in [0.3, 0.4) is 0 Å². The molecule has 2 aromatic rings. The van der Waals surface area contributed by atoms with Crippen molar-refractivity contribution in [2.75, 3.05) is 13.7 Å². The summed E-state index contributed by atoms with van der Waals surface area (Å²) in [5.74, 6) is 0.932. The minimum atomic E-state index is 0.0956. The lowest BCUT2D eigenvalue weighted by Crippen LogP contribution is -2.37. The predicted molar refractivity (Wildman–Crippen MR) is 85.9 cm³/mol. The molecule has 1 aliphatic heterocycles. The van der Waals surface area contributed by atoms with Gasteiger partial charge in [0.1, 0.15) is 12.3 Å². The van der Waals surface area contributed by atoms with Gasteiger partial charge in [-0.25, -0.2) is 4.68 Å². The summed E-state index contributed by atoms with van der Waals surface area (Å²) in [5.41, 5.74) is 1.17. The van der Waals surface area contributed by atoms with E-state index >= 15 is 0 Å².